The number of nitro benzene ring substituents is 1. The topological polar surface area (TPSA) is 84.3 Å². The summed E-state index contributed by atoms with van der Waals surface area (Å²) >= 11 is 0. The van der Waals surface area contributed by atoms with E-state index in [1.807, 2.05) is 6.07 Å². The lowest BCUT2D eigenvalue weighted by atomic mass is 10.0. The Labute approximate surface area is 123 Å². The lowest BCUT2D eigenvalue weighted by Crippen LogP contribution is -2.21. The average molecular weight is 289 g/mol. The molecular formula is C15H19N3O3. The third-order valence-electron chi connectivity index (χ3n) is 4.10. The fourth-order valence-corrected chi connectivity index (χ4v) is 2.86. The summed E-state index contributed by atoms with van der Waals surface area (Å²) in [6.45, 7) is 2.06. The molecule has 112 valence electrons. The van der Waals surface area contributed by atoms with Gasteiger partial charge in [-0.25, -0.2) is 0 Å². The van der Waals surface area contributed by atoms with Crippen LogP contribution in [0.25, 0.3) is 0 Å². The summed E-state index contributed by atoms with van der Waals surface area (Å²) in [5.41, 5.74) is 2.11. The Bertz CT molecular complexity index is 596. The van der Waals surface area contributed by atoms with Gasteiger partial charge in [0, 0.05) is 18.5 Å². The molecule has 6 nitrogen and oxygen atoms in total. The normalized spacial score (nSPS) is 18.6. The van der Waals surface area contributed by atoms with Gasteiger partial charge in [-0.05, 0) is 37.3 Å². The smallest absolute Gasteiger partial charge is 0.294 e. The predicted molar refractivity (Wildman–Crippen MR) is 80.5 cm³/mol. The van der Waals surface area contributed by atoms with E-state index in [4.69, 9.17) is 0 Å². The van der Waals surface area contributed by atoms with Gasteiger partial charge in [-0.2, -0.15) is 0 Å². The highest BCUT2D eigenvalue weighted by atomic mass is 16.6. The third-order valence-corrected chi connectivity index (χ3v) is 4.10. The number of aryl methyl sites for hydroxylation is 1. The first kappa shape index (κ1) is 13.9. The van der Waals surface area contributed by atoms with Crippen molar-refractivity contribution in [2.24, 2.45) is 5.92 Å². The first-order chi connectivity index (χ1) is 10.0. The largest absolute Gasteiger partial charge is 0.377 e. The summed E-state index contributed by atoms with van der Waals surface area (Å²) in [4.78, 5) is 22.3. The van der Waals surface area contributed by atoms with Crippen LogP contribution in [-0.4, -0.2) is 16.9 Å². The molecule has 1 heterocycles. The fourth-order valence-electron chi connectivity index (χ4n) is 2.86. The number of nitro groups is 1. The Balaban J connectivity index is 1.86. The van der Waals surface area contributed by atoms with Crippen LogP contribution in [-0.2, 0) is 11.2 Å². The molecule has 21 heavy (non-hydrogen) atoms. The lowest BCUT2D eigenvalue weighted by molar-refractivity contribution is -0.383. The number of hydrogen-bond acceptors (Lipinski definition) is 4. The third kappa shape index (κ3) is 3.15. The van der Waals surface area contributed by atoms with Crippen LogP contribution in [0.3, 0.4) is 0 Å². The monoisotopic (exact) mass is 289 g/mol. The van der Waals surface area contributed by atoms with Crippen LogP contribution in [0, 0.1) is 16.0 Å². The number of amides is 1. The van der Waals surface area contributed by atoms with Crippen LogP contribution in [0.4, 0.5) is 17.1 Å². The lowest BCUT2D eigenvalue weighted by Gasteiger charge is -2.20. The van der Waals surface area contributed by atoms with Crippen molar-refractivity contribution in [3.63, 3.8) is 0 Å². The maximum absolute atomic E-state index is 11.4. The van der Waals surface area contributed by atoms with Crippen molar-refractivity contribution in [1.82, 2.24) is 0 Å². The molecule has 1 aromatic rings. The quantitative estimate of drug-likeness (QED) is 0.644. The Morgan fingerprint density at radius 1 is 1.43 bits per heavy atom. The molecule has 1 fully saturated rings. The molecular weight excluding hydrogens is 270 g/mol. The first-order valence-corrected chi connectivity index (χ1v) is 7.40. The molecule has 1 aliphatic heterocycles. The Morgan fingerprint density at radius 2 is 2.19 bits per heavy atom. The van der Waals surface area contributed by atoms with Crippen molar-refractivity contribution in [1.29, 1.82) is 0 Å². The van der Waals surface area contributed by atoms with Crippen LogP contribution < -0.4 is 10.6 Å². The van der Waals surface area contributed by atoms with Gasteiger partial charge in [-0.15, -0.1) is 0 Å². The zero-order valence-corrected chi connectivity index (χ0v) is 12.0. The van der Waals surface area contributed by atoms with E-state index in [1.54, 1.807) is 0 Å². The maximum Gasteiger partial charge on any atom is 0.294 e. The highest BCUT2D eigenvalue weighted by molar-refractivity contribution is 5.95. The standard InChI is InChI=1S/C15H19N3O3/c1-9(6-10-2-3-10)16-13-7-11-4-5-15(19)17-12(11)8-14(13)18(20)21/h7-10,16H,2-6H2,1H3,(H,17,19). The summed E-state index contributed by atoms with van der Waals surface area (Å²) in [6.07, 6.45) is 4.65. The molecule has 6 heteroatoms. The highest BCUT2D eigenvalue weighted by Crippen LogP contribution is 2.37. The molecule has 1 aliphatic carbocycles. The molecule has 0 aromatic heterocycles. The second kappa shape index (κ2) is 5.35. The Hall–Kier alpha value is -2.11. The van der Waals surface area contributed by atoms with Gasteiger partial charge in [-0.3, -0.25) is 14.9 Å². The van der Waals surface area contributed by atoms with E-state index in [1.165, 1.54) is 18.9 Å². The van der Waals surface area contributed by atoms with Gasteiger partial charge >= 0.3 is 0 Å². The van der Waals surface area contributed by atoms with Crippen molar-refractivity contribution >= 4 is 23.0 Å². The minimum absolute atomic E-state index is 0.0265. The van der Waals surface area contributed by atoms with E-state index in [9.17, 15) is 14.9 Å². The maximum atomic E-state index is 11.4. The van der Waals surface area contributed by atoms with Crippen LogP contribution in [0.2, 0.25) is 0 Å². The summed E-state index contributed by atoms with van der Waals surface area (Å²) in [5.74, 6) is 0.683. The number of nitrogens with one attached hydrogen (secondary N) is 2. The fraction of sp³-hybridized carbons (Fsp3) is 0.533. The van der Waals surface area contributed by atoms with Crippen molar-refractivity contribution in [3.8, 4) is 0 Å². The van der Waals surface area contributed by atoms with Crippen LogP contribution >= 0.6 is 0 Å². The number of hydrogen-bond donors (Lipinski definition) is 2. The molecule has 1 aromatic carbocycles. The second-order valence-electron chi connectivity index (χ2n) is 6.06. The number of anilines is 2. The Morgan fingerprint density at radius 3 is 2.86 bits per heavy atom. The van der Waals surface area contributed by atoms with Gasteiger partial charge < -0.3 is 10.6 Å². The van der Waals surface area contributed by atoms with Crippen LogP contribution in [0.1, 0.15) is 38.2 Å². The molecule has 1 atom stereocenters. The zero-order chi connectivity index (χ0) is 15.0. The number of carbonyl (C=O) groups is 1. The Kier molecular flexibility index (Phi) is 3.53. The zero-order valence-electron chi connectivity index (χ0n) is 12.0. The van der Waals surface area contributed by atoms with Gasteiger partial charge in [0.2, 0.25) is 5.91 Å². The number of carbonyl (C=O) groups excluding carboxylic acids is 1. The summed E-state index contributed by atoms with van der Waals surface area (Å²) in [7, 11) is 0. The van der Waals surface area contributed by atoms with Gasteiger partial charge in [0.05, 0.1) is 10.6 Å². The van der Waals surface area contributed by atoms with E-state index in [0.717, 1.165) is 17.9 Å². The molecule has 1 unspecified atom stereocenters. The molecule has 0 saturated heterocycles. The van der Waals surface area contributed by atoms with Crippen molar-refractivity contribution in [2.45, 2.75) is 45.1 Å². The van der Waals surface area contributed by atoms with E-state index < -0.39 is 4.92 Å². The molecule has 1 amide bonds. The van der Waals surface area contributed by atoms with Crippen LogP contribution in [0.15, 0.2) is 12.1 Å². The van der Waals surface area contributed by atoms with Gasteiger partial charge in [0.25, 0.3) is 5.69 Å². The van der Waals surface area contributed by atoms with Gasteiger partial charge in [0.15, 0.2) is 0 Å². The van der Waals surface area contributed by atoms with Crippen LogP contribution in [0.5, 0.6) is 0 Å². The van der Waals surface area contributed by atoms with E-state index >= 15 is 0 Å². The molecule has 1 saturated carbocycles. The minimum Gasteiger partial charge on any atom is -0.377 e. The van der Waals surface area contributed by atoms with E-state index in [-0.39, 0.29) is 17.6 Å². The molecule has 0 radical (unpaired) electrons. The first-order valence-electron chi connectivity index (χ1n) is 7.40. The summed E-state index contributed by atoms with van der Waals surface area (Å²) in [6, 6.07) is 3.50. The van der Waals surface area contributed by atoms with E-state index in [0.29, 0.717) is 24.2 Å². The summed E-state index contributed by atoms with van der Waals surface area (Å²) in [5, 5.41) is 17.2. The predicted octanol–water partition coefficient (Wildman–Crippen LogP) is 3.08. The van der Waals surface area contributed by atoms with Crippen molar-refractivity contribution in [2.75, 3.05) is 10.6 Å². The number of rotatable bonds is 5. The highest BCUT2D eigenvalue weighted by Gasteiger charge is 2.26. The molecule has 2 aliphatic rings. The van der Waals surface area contributed by atoms with Crippen molar-refractivity contribution < 1.29 is 9.72 Å². The second-order valence-corrected chi connectivity index (χ2v) is 6.06. The number of nitrogens with zero attached hydrogens (tertiary/aromatic N) is 1. The van der Waals surface area contributed by atoms with E-state index in [2.05, 4.69) is 17.6 Å². The molecule has 3 rings (SSSR count). The van der Waals surface area contributed by atoms with Crippen molar-refractivity contribution in [3.05, 3.63) is 27.8 Å². The summed E-state index contributed by atoms with van der Waals surface area (Å²) < 4.78 is 0. The minimum atomic E-state index is -0.396. The molecule has 0 spiro atoms. The molecule has 0 bridgehead atoms. The average Bonchev–Trinajstić information content (AvgIpc) is 3.21. The number of fused-ring (bicyclic) bond motifs is 1. The van der Waals surface area contributed by atoms with Gasteiger partial charge in [0.1, 0.15) is 5.69 Å². The SMILES string of the molecule is CC(CC1CC1)Nc1cc2c(cc1[N+](=O)[O-])NC(=O)CC2. The molecule has 2 N–H and O–H groups in total. The van der Waals surface area contributed by atoms with Gasteiger partial charge in [-0.1, -0.05) is 12.8 Å². The number of benzene rings is 1.